The molecular formula is C21H15ClN4O2. The van der Waals surface area contributed by atoms with E-state index in [0.29, 0.717) is 22.0 Å². The first kappa shape index (κ1) is 19.1. The lowest BCUT2D eigenvalue weighted by Gasteiger charge is -2.10. The highest BCUT2D eigenvalue weighted by atomic mass is 35.5. The van der Waals surface area contributed by atoms with E-state index >= 15 is 0 Å². The number of amides is 2. The van der Waals surface area contributed by atoms with Crippen molar-refractivity contribution in [3.63, 3.8) is 0 Å². The maximum atomic E-state index is 12.5. The first-order chi connectivity index (χ1) is 13.5. The average Bonchev–Trinajstić information content (AvgIpc) is 2.71. The highest BCUT2D eigenvalue weighted by molar-refractivity contribution is 6.31. The van der Waals surface area contributed by atoms with Crippen LogP contribution in [-0.4, -0.2) is 16.8 Å². The van der Waals surface area contributed by atoms with Crippen molar-refractivity contribution in [2.24, 2.45) is 0 Å². The minimum atomic E-state index is -0.411. The van der Waals surface area contributed by atoms with E-state index in [4.69, 9.17) is 16.9 Å². The number of aromatic nitrogens is 1. The summed E-state index contributed by atoms with van der Waals surface area (Å²) < 4.78 is 0. The van der Waals surface area contributed by atoms with Crippen molar-refractivity contribution >= 4 is 34.8 Å². The van der Waals surface area contributed by atoms with E-state index in [1.54, 1.807) is 42.5 Å². The number of carbonyl (C=O) groups is 2. The van der Waals surface area contributed by atoms with Gasteiger partial charge in [-0.15, -0.1) is 0 Å². The number of anilines is 2. The Labute approximate surface area is 166 Å². The highest BCUT2D eigenvalue weighted by Crippen LogP contribution is 2.21. The summed E-state index contributed by atoms with van der Waals surface area (Å²) in [7, 11) is 0. The fourth-order valence-corrected chi connectivity index (χ4v) is 2.62. The van der Waals surface area contributed by atoms with Crippen molar-refractivity contribution in [3.05, 3.63) is 88.2 Å². The summed E-state index contributed by atoms with van der Waals surface area (Å²) in [5.74, 6) is -0.809. The van der Waals surface area contributed by atoms with Gasteiger partial charge in [0.15, 0.2) is 0 Å². The average molecular weight is 391 g/mol. The molecule has 0 aliphatic heterocycles. The molecule has 0 fully saturated rings. The number of aryl methyl sites for hydroxylation is 1. The number of rotatable bonds is 4. The highest BCUT2D eigenvalue weighted by Gasteiger charge is 2.13. The number of hydrogen-bond donors (Lipinski definition) is 2. The zero-order valence-electron chi connectivity index (χ0n) is 14.9. The molecule has 28 heavy (non-hydrogen) atoms. The Hall–Kier alpha value is -3.69. The number of benzene rings is 2. The third kappa shape index (κ3) is 4.53. The monoisotopic (exact) mass is 390 g/mol. The van der Waals surface area contributed by atoms with Gasteiger partial charge in [-0.3, -0.25) is 14.6 Å². The molecule has 6 nitrogen and oxygen atoms in total. The molecule has 7 heteroatoms. The van der Waals surface area contributed by atoms with Gasteiger partial charge >= 0.3 is 0 Å². The molecule has 2 N–H and O–H groups in total. The van der Waals surface area contributed by atoms with Gasteiger partial charge in [-0.1, -0.05) is 17.7 Å². The normalized spacial score (nSPS) is 10.0. The Balaban J connectivity index is 1.75. The predicted molar refractivity (Wildman–Crippen MR) is 107 cm³/mol. The minimum absolute atomic E-state index is 0.236. The van der Waals surface area contributed by atoms with Crippen molar-refractivity contribution < 1.29 is 9.59 Å². The number of hydrogen-bond acceptors (Lipinski definition) is 4. The van der Waals surface area contributed by atoms with Gasteiger partial charge in [0.25, 0.3) is 11.8 Å². The standard InChI is InChI=1S/C21H15ClN4O2/c1-13-2-5-17(22)9-19(13)26-21(28)16-8-15(11-24-12-16)20(27)25-18-6-3-14(10-23)4-7-18/h2-9,11-12H,1H3,(H,25,27)(H,26,28). The Kier molecular flexibility index (Phi) is 5.68. The third-order valence-electron chi connectivity index (χ3n) is 3.98. The van der Waals surface area contributed by atoms with Crippen molar-refractivity contribution in [1.82, 2.24) is 4.98 Å². The van der Waals surface area contributed by atoms with Crippen molar-refractivity contribution in [2.45, 2.75) is 6.92 Å². The van der Waals surface area contributed by atoms with Crippen molar-refractivity contribution in [2.75, 3.05) is 10.6 Å². The molecule has 138 valence electrons. The van der Waals surface area contributed by atoms with Crippen LogP contribution >= 0.6 is 11.6 Å². The number of nitriles is 1. The van der Waals surface area contributed by atoms with E-state index in [1.807, 2.05) is 13.0 Å². The van der Waals surface area contributed by atoms with Gasteiger partial charge in [-0.25, -0.2) is 0 Å². The maximum absolute atomic E-state index is 12.5. The smallest absolute Gasteiger partial charge is 0.257 e. The van der Waals surface area contributed by atoms with Crippen LogP contribution in [0.25, 0.3) is 0 Å². The lowest BCUT2D eigenvalue weighted by Crippen LogP contribution is -2.16. The van der Waals surface area contributed by atoms with Gasteiger partial charge in [-0.2, -0.15) is 5.26 Å². The molecule has 1 aromatic heterocycles. The Morgan fingerprint density at radius 1 is 0.964 bits per heavy atom. The molecule has 0 bridgehead atoms. The Bertz CT molecular complexity index is 1090. The number of pyridine rings is 1. The van der Waals surface area contributed by atoms with Crippen LogP contribution in [0.3, 0.4) is 0 Å². The second kappa shape index (κ2) is 8.33. The maximum Gasteiger partial charge on any atom is 0.257 e. The van der Waals surface area contributed by atoms with Gasteiger partial charge in [0.05, 0.1) is 22.8 Å². The molecule has 0 radical (unpaired) electrons. The summed E-state index contributed by atoms with van der Waals surface area (Å²) >= 11 is 5.97. The summed E-state index contributed by atoms with van der Waals surface area (Å²) in [4.78, 5) is 28.9. The topological polar surface area (TPSA) is 94.9 Å². The van der Waals surface area contributed by atoms with Crippen LogP contribution in [0.5, 0.6) is 0 Å². The minimum Gasteiger partial charge on any atom is -0.322 e. The quantitative estimate of drug-likeness (QED) is 0.689. The van der Waals surface area contributed by atoms with E-state index in [2.05, 4.69) is 15.6 Å². The van der Waals surface area contributed by atoms with Crippen LogP contribution in [0.15, 0.2) is 60.9 Å². The summed E-state index contributed by atoms with van der Waals surface area (Å²) in [6, 6.07) is 15.1. The zero-order valence-corrected chi connectivity index (χ0v) is 15.6. The molecule has 0 saturated carbocycles. The summed E-state index contributed by atoms with van der Waals surface area (Å²) in [5, 5.41) is 14.8. The first-order valence-corrected chi connectivity index (χ1v) is 8.68. The summed E-state index contributed by atoms with van der Waals surface area (Å²) in [5.41, 5.74) is 2.96. The molecule has 3 rings (SSSR count). The number of carbonyl (C=O) groups excluding carboxylic acids is 2. The molecular weight excluding hydrogens is 376 g/mol. The molecule has 3 aromatic rings. The largest absolute Gasteiger partial charge is 0.322 e. The van der Waals surface area contributed by atoms with E-state index in [0.717, 1.165) is 5.56 Å². The lowest BCUT2D eigenvalue weighted by molar-refractivity contribution is 0.102. The van der Waals surface area contributed by atoms with E-state index in [1.165, 1.54) is 18.5 Å². The molecule has 0 atom stereocenters. The predicted octanol–water partition coefficient (Wildman–Crippen LogP) is 4.42. The first-order valence-electron chi connectivity index (χ1n) is 8.30. The van der Waals surface area contributed by atoms with Crippen LogP contribution in [-0.2, 0) is 0 Å². The molecule has 2 aromatic carbocycles. The van der Waals surface area contributed by atoms with Crippen LogP contribution in [0.2, 0.25) is 5.02 Å². The van der Waals surface area contributed by atoms with Crippen LogP contribution in [0.1, 0.15) is 31.8 Å². The lowest BCUT2D eigenvalue weighted by atomic mass is 10.1. The van der Waals surface area contributed by atoms with Crippen molar-refractivity contribution in [3.8, 4) is 6.07 Å². The zero-order chi connectivity index (χ0) is 20.1. The summed E-state index contributed by atoms with van der Waals surface area (Å²) in [6.45, 7) is 1.85. The van der Waals surface area contributed by atoms with E-state index < -0.39 is 11.8 Å². The molecule has 0 aliphatic carbocycles. The van der Waals surface area contributed by atoms with E-state index in [9.17, 15) is 9.59 Å². The van der Waals surface area contributed by atoms with Gasteiger partial charge in [-0.05, 0) is 55.0 Å². The van der Waals surface area contributed by atoms with Crippen LogP contribution < -0.4 is 10.6 Å². The van der Waals surface area contributed by atoms with Crippen molar-refractivity contribution in [1.29, 1.82) is 5.26 Å². The fourth-order valence-electron chi connectivity index (χ4n) is 2.44. The van der Waals surface area contributed by atoms with Gasteiger partial charge in [0, 0.05) is 28.8 Å². The van der Waals surface area contributed by atoms with Gasteiger partial charge in [0.1, 0.15) is 0 Å². The number of nitrogens with zero attached hydrogens (tertiary/aromatic N) is 2. The van der Waals surface area contributed by atoms with Crippen LogP contribution in [0, 0.1) is 18.3 Å². The number of nitrogens with one attached hydrogen (secondary N) is 2. The van der Waals surface area contributed by atoms with Gasteiger partial charge < -0.3 is 10.6 Å². The third-order valence-corrected chi connectivity index (χ3v) is 4.22. The summed E-state index contributed by atoms with van der Waals surface area (Å²) in [6.07, 6.45) is 2.76. The number of halogens is 1. The SMILES string of the molecule is Cc1ccc(Cl)cc1NC(=O)c1cncc(C(=O)Nc2ccc(C#N)cc2)c1. The molecule has 0 saturated heterocycles. The fraction of sp³-hybridized carbons (Fsp3) is 0.0476. The molecule has 1 heterocycles. The molecule has 0 unspecified atom stereocenters. The molecule has 0 aliphatic rings. The van der Waals surface area contributed by atoms with Gasteiger partial charge in [0.2, 0.25) is 0 Å². The Morgan fingerprint density at radius 2 is 1.61 bits per heavy atom. The van der Waals surface area contributed by atoms with Crippen LogP contribution in [0.4, 0.5) is 11.4 Å². The Morgan fingerprint density at radius 3 is 2.25 bits per heavy atom. The van der Waals surface area contributed by atoms with E-state index in [-0.39, 0.29) is 11.1 Å². The molecule has 2 amide bonds. The second-order valence-corrected chi connectivity index (χ2v) is 6.46. The molecule has 0 spiro atoms. The second-order valence-electron chi connectivity index (χ2n) is 6.02.